The largest absolute Gasteiger partial charge is 0.464 e. The third kappa shape index (κ3) is 2.46. The minimum absolute atomic E-state index is 0.0480. The first-order valence-electron chi connectivity index (χ1n) is 4.25. The fourth-order valence-electron chi connectivity index (χ4n) is 0.992. The summed E-state index contributed by atoms with van der Waals surface area (Å²) in [6.45, 7) is 3.58. The molecule has 0 saturated heterocycles. The van der Waals surface area contributed by atoms with Crippen molar-refractivity contribution >= 4 is 5.97 Å². The van der Waals surface area contributed by atoms with Gasteiger partial charge in [0.25, 0.3) is 5.56 Å². The molecule has 0 unspecified atom stereocenters. The first-order chi connectivity index (χ1) is 7.20. The number of aromatic nitrogens is 1. The van der Waals surface area contributed by atoms with Gasteiger partial charge in [0.2, 0.25) is 0 Å². The summed E-state index contributed by atoms with van der Waals surface area (Å²) in [5.41, 5.74) is -0.383. The van der Waals surface area contributed by atoms with Gasteiger partial charge in [-0.3, -0.25) is 4.79 Å². The van der Waals surface area contributed by atoms with Crippen LogP contribution in [0.25, 0.3) is 0 Å². The molecule has 80 valence electrons. The van der Waals surface area contributed by atoms with Crippen LogP contribution < -0.4 is 10.4 Å². The van der Waals surface area contributed by atoms with Crippen molar-refractivity contribution in [3.05, 3.63) is 46.9 Å². The highest BCUT2D eigenvalue weighted by Crippen LogP contribution is 1.96. The molecule has 5 nitrogen and oxygen atoms in total. The molecule has 0 N–H and O–H groups in total. The molecule has 0 fully saturated rings. The van der Waals surface area contributed by atoms with Crippen molar-refractivity contribution in [2.75, 3.05) is 13.7 Å². The SMILES string of the molecule is C=CCOn1c(C(=O)OC)cccc1=O. The zero-order valence-corrected chi connectivity index (χ0v) is 8.30. The van der Waals surface area contributed by atoms with Crippen LogP contribution in [0.5, 0.6) is 0 Å². The predicted molar refractivity (Wildman–Crippen MR) is 53.7 cm³/mol. The van der Waals surface area contributed by atoms with Crippen LogP contribution in [0.2, 0.25) is 0 Å². The Hall–Kier alpha value is -2.04. The van der Waals surface area contributed by atoms with Gasteiger partial charge in [-0.25, -0.2) is 4.79 Å². The van der Waals surface area contributed by atoms with Crippen molar-refractivity contribution in [1.82, 2.24) is 4.73 Å². The minimum atomic E-state index is -0.628. The lowest BCUT2D eigenvalue weighted by atomic mass is 10.3. The van der Waals surface area contributed by atoms with E-state index in [-0.39, 0.29) is 12.3 Å². The maximum atomic E-state index is 11.4. The van der Waals surface area contributed by atoms with Crippen molar-refractivity contribution < 1.29 is 14.4 Å². The van der Waals surface area contributed by atoms with E-state index in [9.17, 15) is 9.59 Å². The highest BCUT2D eigenvalue weighted by molar-refractivity contribution is 5.87. The summed E-state index contributed by atoms with van der Waals surface area (Å²) in [6.07, 6.45) is 1.47. The van der Waals surface area contributed by atoms with Crippen molar-refractivity contribution in [3.8, 4) is 0 Å². The highest BCUT2D eigenvalue weighted by atomic mass is 16.7. The third-order valence-electron chi connectivity index (χ3n) is 1.63. The predicted octanol–water partition coefficient (Wildman–Crippen LogP) is 0.250. The fraction of sp³-hybridized carbons (Fsp3) is 0.200. The number of ether oxygens (including phenoxy) is 1. The van der Waals surface area contributed by atoms with Crippen LogP contribution >= 0.6 is 0 Å². The number of carbonyl (C=O) groups excluding carboxylic acids is 1. The zero-order chi connectivity index (χ0) is 11.3. The smallest absolute Gasteiger partial charge is 0.358 e. The molecular formula is C10H11NO4. The lowest BCUT2D eigenvalue weighted by Crippen LogP contribution is -2.31. The standard InChI is InChI=1S/C10H11NO4/c1-3-7-15-11-8(10(13)14-2)5-4-6-9(11)12/h3-6H,1,7H2,2H3. The molecule has 15 heavy (non-hydrogen) atoms. The lowest BCUT2D eigenvalue weighted by molar-refractivity contribution is 0.0514. The molecule has 5 heteroatoms. The average molecular weight is 209 g/mol. The van der Waals surface area contributed by atoms with E-state index in [1.807, 2.05) is 0 Å². The summed E-state index contributed by atoms with van der Waals surface area (Å²) in [7, 11) is 1.23. The molecule has 0 aliphatic carbocycles. The first-order valence-corrected chi connectivity index (χ1v) is 4.25. The van der Waals surface area contributed by atoms with Crippen LogP contribution in [-0.2, 0) is 4.74 Å². The summed E-state index contributed by atoms with van der Waals surface area (Å²) >= 11 is 0. The van der Waals surface area contributed by atoms with E-state index in [2.05, 4.69) is 11.3 Å². The van der Waals surface area contributed by atoms with E-state index in [1.165, 1.54) is 31.4 Å². The number of rotatable bonds is 4. The second-order valence-corrected chi connectivity index (χ2v) is 2.62. The monoisotopic (exact) mass is 209 g/mol. The maximum absolute atomic E-state index is 11.4. The van der Waals surface area contributed by atoms with Gasteiger partial charge in [0.15, 0.2) is 5.69 Å². The fourth-order valence-corrected chi connectivity index (χ4v) is 0.992. The Labute approximate surface area is 86.5 Å². The molecule has 0 amide bonds. The minimum Gasteiger partial charge on any atom is -0.464 e. The van der Waals surface area contributed by atoms with Crippen LogP contribution in [0.1, 0.15) is 10.5 Å². The van der Waals surface area contributed by atoms with Crippen molar-refractivity contribution in [2.45, 2.75) is 0 Å². The quantitative estimate of drug-likeness (QED) is 0.527. The van der Waals surface area contributed by atoms with E-state index in [0.29, 0.717) is 0 Å². The second kappa shape index (κ2) is 4.99. The number of pyridine rings is 1. The summed E-state index contributed by atoms with van der Waals surface area (Å²) in [5, 5.41) is 0. The summed E-state index contributed by atoms with van der Waals surface area (Å²) in [5.74, 6) is -0.628. The third-order valence-corrected chi connectivity index (χ3v) is 1.63. The molecule has 0 saturated carbocycles. The Balaban J connectivity index is 3.14. The molecule has 1 aromatic heterocycles. The van der Waals surface area contributed by atoms with Gasteiger partial charge in [-0.2, -0.15) is 0 Å². The summed E-state index contributed by atoms with van der Waals surface area (Å²) in [4.78, 5) is 27.6. The summed E-state index contributed by atoms with van der Waals surface area (Å²) in [6, 6.07) is 4.19. The van der Waals surface area contributed by atoms with Crippen molar-refractivity contribution in [2.24, 2.45) is 0 Å². The van der Waals surface area contributed by atoms with E-state index in [4.69, 9.17) is 4.84 Å². The molecule has 0 bridgehead atoms. The van der Waals surface area contributed by atoms with E-state index in [1.54, 1.807) is 0 Å². The van der Waals surface area contributed by atoms with Crippen LogP contribution in [-0.4, -0.2) is 24.4 Å². The van der Waals surface area contributed by atoms with Crippen LogP contribution in [0.15, 0.2) is 35.6 Å². The van der Waals surface area contributed by atoms with Crippen LogP contribution in [0.4, 0.5) is 0 Å². The van der Waals surface area contributed by atoms with Crippen molar-refractivity contribution in [1.29, 1.82) is 0 Å². The molecule has 0 aliphatic rings. The number of hydrogen-bond acceptors (Lipinski definition) is 4. The zero-order valence-electron chi connectivity index (χ0n) is 8.30. The number of nitrogens with zero attached hydrogens (tertiary/aromatic N) is 1. The molecule has 0 aliphatic heterocycles. The van der Waals surface area contributed by atoms with Gasteiger partial charge in [-0.05, 0) is 6.07 Å². The number of hydrogen-bond donors (Lipinski definition) is 0. The number of carbonyl (C=O) groups is 1. The Kier molecular flexibility index (Phi) is 3.68. The molecular weight excluding hydrogens is 198 g/mol. The van der Waals surface area contributed by atoms with Gasteiger partial charge in [0.1, 0.15) is 6.61 Å². The van der Waals surface area contributed by atoms with E-state index < -0.39 is 11.5 Å². The lowest BCUT2D eigenvalue weighted by Gasteiger charge is -2.09. The molecule has 0 spiro atoms. The van der Waals surface area contributed by atoms with Crippen molar-refractivity contribution in [3.63, 3.8) is 0 Å². The Morgan fingerprint density at radius 3 is 2.93 bits per heavy atom. The van der Waals surface area contributed by atoms with Gasteiger partial charge in [0, 0.05) is 6.07 Å². The van der Waals surface area contributed by atoms with Crippen LogP contribution in [0, 0.1) is 0 Å². The number of methoxy groups -OCH3 is 1. The second-order valence-electron chi connectivity index (χ2n) is 2.62. The normalized spacial score (nSPS) is 9.40. The maximum Gasteiger partial charge on any atom is 0.358 e. The Bertz CT molecular complexity index is 422. The van der Waals surface area contributed by atoms with Crippen LogP contribution in [0.3, 0.4) is 0 Å². The van der Waals surface area contributed by atoms with E-state index >= 15 is 0 Å². The van der Waals surface area contributed by atoms with Gasteiger partial charge >= 0.3 is 5.97 Å². The average Bonchev–Trinajstić information content (AvgIpc) is 2.26. The highest BCUT2D eigenvalue weighted by Gasteiger charge is 2.12. The topological polar surface area (TPSA) is 57.5 Å². The van der Waals surface area contributed by atoms with Gasteiger partial charge < -0.3 is 9.57 Å². The Morgan fingerprint density at radius 2 is 2.33 bits per heavy atom. The van der Waals surface area contributed by atoms with Gasteiger partial charge in [-0.1, -0.05) is 18.7 Å². The number of esters is 1. The molecule has 1 heterocycles. The summed E-state index contributed by atoms with van der Waals surface area (Å²) < 4.78 is 5.39. The molecule has 1 aromatic rings. The van der Waals surface area contributed by atoms with Gasteiger partial charge in [-0.15, -0.1) is 4.73 Å². The molecule has 0 radical (unpaired) electrons. The molecule has 0 aromatic carbocycles. The van der Waals surface area contributed by atoms with Gasteiger partial charge in [0.05, 0.1) is 7.11 Å². The Morgan fingerprint density at radius 1 is 1.60 bits per heavy atom. The van der Waals surface area contributed by atoms with E-state index in [0.717, 1.165) is 4.73 Å². The molecule has 0 atom stereocenters. The molecule has 1 rings (SSSR count). The first kappa shape index (κ1) is 11.0.